The van der Waals surface area contributed by atoms with Gasteiger partial charge in [-0.15, -0.1) is 0 Å². The first kappa shape index (κ1) is 17.2. The third-order valence-corrected chi connectivity index (χ3v) is 5.86. The summed E-state index contributed by atoms with van der Waals surface area (Å²) >= 11 is 17.3. The second-order valence-corrected chi connectivity index (χ2v) is 7.60. The minimum Gasteiger partial charge on any atom is -0.327 e. The Morgan fingerprint density at radius 2 is 1.90 bits per heavy atom. The maximum atomic E-state index is 6.05. The Morgan fingerprint density at radius 1 is 1.14 bits per heavy atom. The Morgan fingerprint density at radius 3 is 2.52 bits per heavy atom. The summed E-state index contributed by atoms with van der Waals surface area (Å²) < 4.78 is 1.07. The first-order chi connectivity index (χ1) is 9.99. The van der Waals surface area contributed by atoms with E-state index < -0.39 is 0 Å². The number of hydrogen-bond donors (Lipinski definition) is 1. The fraction of sp³-hybridized carbons (Fsp3) is 0.250. The number of halogens is 3. The monoisotopic (exact) mass is 403 g/mol. The van der Waals surface area contributed by atoms with Crippen molar-refractivity contribution in [2.75, 3.05) is 0 Å². The first-order valence-electron chi connectivity index (χ1n) is 6.66. The van der Waals surface area contributed by atoms with E-state index in [-0.39, 0.29) is 6.04 Å². The van der Waals surface area contributed by atoms with Gasteiger partial charge >= 0.3 is 0 Å². The van der Waals surface area contributed by atoms with E-state index in [0.717, 1.165) is 27.1 Å². The molecular weight excluding hydrogens is 389 g/mol. The van der Waals surface area contributed by atoms with Gasteiger partial charge in [0.25, 0.3) is 0 Å². The average molecular weight is 405 g/mol. The molecule has 1 unspecified atom stereocenters. The normalized spacial score (nSPS) is 12.4. The van der Waals surface area contributed by atoms with E-state index in [1.165, 1.54) is 5.56 Å². The predicted octanol–water partition coefficient (Wildman–Crippen LogP) is 6.19. The number of rotatable bonds is 5. The number of nitrogens with two attached hydrogens (primary N) is 1. The highest BCUT2D eigenvalue weighted by molar-refractivity contribution is 9.10. The summed E-state index contributed by atoms with van der Waals surface area (Å²) in [5.41, 5.74) is 7.24. The Balaban J connectivity index is 2.15. The van der Waals surface area contributed by atoms with Crippen LogP contribution in [0.4, 0.5) is 0 Å². The minimum atomic E-state index is 0.213. The number of benzene rings is 2. The molecule has 2 aromatic rings. The molecule has 0 saturated carbocycles. The van der Waals surface area contributed by atoms with Gasteiger partial charge in [0.15, 0.2) is 0 Å². The van der Waals surface area contributed by atoms with Gasteiger partial charge in [-0.2, -0.15) is 0 Å². The Kier molecular flexibility index (Phi) is 6.45. The van der Waals surface area contributed by atoms with Crippen molar-refractivity contribution in [2.45, 2.75) is 35.6 Å². The standard InChI is InChI=1S/C16H16BrCl2NS/c1-2-11(20)7-10-3-6-16(13(17)8-10)21-12-4-5-14(18)15(19)9-12/h3-6,8-9,11H,2,7,20H2,1H3. The molecule has 2 aromatic carbocycles. The van der Waals surface area contributed by atoms with Gasteiger partial charge in [-0.1, -0.05) is 48.0 Å². The Bertz CT molecular complexity index is 634. The van der Waals surface area contributed by atoms with Crippen LogP contribution in [0.1, 0.15) is 18.9 Å². The van der Waals surface area contributed by atoms with Crippen LogP contribution < -0.4 is 5.73 Å². The van der Waals surface area contributed by atoms with Crippen LogP contribution in [-0.2, 0) is 6.42 Å². The second kappa shape index (κ2) is 7.89. The predicted molar refractivity (Wildman–Crippen MR) is 96.7 cm³/mol. The van der Waals surface area contributed by atoms with Crippen molar-refractivity contribution >= 4 is 50.9 Å². The van der Waals surface area contributed by atoms with Gasteiger partial charge < -0.3 is 5.73 Å². The first-order valence-corrected chi connectivity index (χ1v) is 9.03. The quantitative estimate of drug-likeness (QED) is 0.642. The van der Waals surface area contributed by atoms with Gasteiger partial charge in [-0.25, -0.2) is 0 Å². The summed E-state index contributed by atoms with van der Waals surface area (Å²) in [6.45, 7) is 2.11. The van der Waals surface area contributed by atoms with E-state index >= 15 is 0 Å². The highest BCUT2D eigenvalue weighted by atomic mass is 79.9. The number of hydrogen-bond acceptors (Lipinski definition) is 2. The summed E-state index contributed by atoms with van der Waals surface area (Å²) in [4.78, 5) is 2.20. The third-order valence-electron chi connectivity index (χ3n) is 3.14. The van der Waals surface area contributed by atoms with Crippen LogP contribution in [0, 0.1) is 0 Å². The van der Waals surface area contributed by atoms with Crippen molar-refractivity contribution in [1.82, 2.24) is 0 Å². The maximum absolute atomic E-state index is 6.05. The van der Waals surface area contributed by atoms with Gasteiger partial charge in [-0.3, -0.25) is 0 Å². The van der Waals surface area contributed by atoms with Crippen LogP contribution in [0.3, 0.4) is 0 Å². The van der Waals surface area contributed by atoms with Crippen LogP contribution in [0.2, 0.25) is 10.0 Å². The molecule has 0 radical (unpaired) electrons. The summed E-state index contributed by atoms with van der Waals surface area (Å²) in [6.07, 6.45) is 1.88. The maximum Gasteiger partial charge on any atom is 0.0603 e. The molecule has 0 amide bonds. The summed E-state index contributed by atoms with van der Waals surface area (Å²) in [5, 5.41) is 1.15. The molecule has 0 aliphatic rings. The topological polar surface area (TPSA) is 26.0 Å². The zero-order valence-corrected chi connectivity index (χ0v) is 15.5. The molecule has 1 nitrogen and oxygen atoms in total. The average Bonchev–Trinajstić information content (AvgIpc) is 2.45. The van der Waals surface area contributed by atoms with Crippen LogP contribution in [0.25, 0.3) is 0 Å². The summed E-state index contributed by atoms with van der Waals surface area (Å²) in [7, 11) is 0. The largest absolute Gasteiger partial charge is 0.327 e. The van der Waals surface area contributed by atoms with Crippen LogP contribution in [0.15, 0.2) is 50.7 Å². The molecule has 0 fully saturated rings. The lowest BCUT2D eigenvalue weighted by Gasteiger charge is -2.11. The minimum absolute atomic E-state index is 0.213. The van der Waals surface area contributed by atoms with E-state index in [2.05, 4.69) is 41.1 Å². The lowest BCUT2D eigenvalue weighted by atomic mass is 10.1. The zero-order chi connectivity index (χ0) is 15.4. The van der Waals surface area contributed by atoms with Crippen LogP contribution in [0.5, 0.6) is 0 Å². The van der Waals surface area contributed by atoms with E-state index in [1.54, 1.807) is 11.8 Å². The van der Waals surface area contributed by atoms with E-state index in [9.17, 15) is 0 Å². The van der Waals surface area contributed by atoms with Crippen molar-refractivity contribution in [3.05, 3.63) is 56.5 Å². The van der Waals surface area contributed by atoms with Gasteiger partial charge in [-0.05, 0) is 64.7 Å². The lowest BCUT2D eigenvalue weighted by Crippen LogP contribution is -2.21. The molecule has 112 valence electrons. The summed E-state index contributed by atoms with van der Waals surface area (Å²) in [6, 6.07) is 12.2. The van der Waals surface area contributed by atoms with Crippen molar-refractivity contribution in [2.24, 2.45) is 5.73 Å². The highest BCUT2D eigenvalue weighted by Crippen LogP contribution is 2.36. The SMILES string of the molecule is CCC(N)Cc1ccc(Sc2ccc(Cl)c(Cl)c2)c(Br)c1. The fourth-order valence-electron chi connectivity index (χ4n) is 1.87. The van der Waals surface area contributed by atoms with Crippen molar-refractivity contribution < 1.29 is 0 Å². The van der Waals surface area contributed by atoms with Gasteiger partial charge in [0.05, 0.1) is 10.0 Å². The van der Waals surface area contributed by atoms with Crippen molar-refractivity contribution in [1.29, 1.82) is 0 Å². The highest BCUT2D eigenvalue weighted by Gasteiger charge is 2.08. The van der Waals surface area contributed by atoms with Crippen LogP contribution in [-0.4, -0.2) is 6.04 Å². The second-order valence-electron chi connectivity index (χ2n) is 4.82. The van der Waals surface area contributed by atoms with E-state index in [0.29, 0.717) is 10.0 Å². The molecule has 5 heteroatoms. The molecule has 2 rings (SSSR count). The third kappa shape index (κ3) is 4.90. The fourth-order valence-corrected chi connectivity index (χ4v) is 3.76. The van der Waals surface area contributed by atoms with Crippen LogP contribution >= 0.6 is 50.9 Å². The zero-order valence-electron chi connectivity index (χ0n) is 11.6. The lowest BCUT2D eigenvalue weighted by molar-refractivity contribution is 0.646. The molecule has 0 aliphatic heterocycles. The Hall–Kier alpha value is -0.190. The molecule has 0 aromatic heterocycles. The molecule has 1 atom stereocenters. The molecule has 2 N–H and O–H groups in total. The van der Waals surface area contributed by atoms with Crippen molar-refractivity contribution in [3.8, 4) is 0 Å². The van der Waals surface area contributed by atoms with Gasteiger partial charge in [0, 0.05) is 20.3 Å². The van der Waals surface area contributed by atoms with Gasteiger partial charge in [0.2, 0.25) is 0 Å². The molecule has 0 heterocycles. The molecule has 0 aliphatic carbocycles. The molecular formula is C16H16BrCl2NS. The molecule has 21 heavy (non-hydrogen) atoms. The van der Waals surface area contributed by atoms with Gasteiger partial charge in [0.1, 0.15) is 0 Å². The van der Waals surface area contributed by atoms with E-state index in [4.69, 9.17) is 28.9 Å². The molecule has 0 spiro atoms. The van der Waals surface area contributed by atoms with Crippen molar-refractivity contribution in [3.63, 3.8) is 0 Å². The summed E-state index contributed by atoms with van der Waals surface area (Å²) in [5.74, 6) is 0. The Labute approximate surface area is 148 Å². The smallest absolute Gasteiger partial charge is 0.0603 e. The van der Waals surface area contributed by atoms with E-state index in [1.807, 2.05) is 18.2 Å². The molecule has 0 saturated heterocycles. The molecule has 0 bridgehead atoms.